The summed E-state index contributed by atoms with van der Waals surface area (Å²) in [7, 11) is 0. The second-order valence-electron chi connectivity index (χ2n) is 5.41. The highest BCUT2D eigenvalue weighted by molar-refractivity contribution is 6.01. The van der Waals surface area contributed by atoms with Crippen molar-refractivity contribution < 1.29 is 28.2 Å². The summed E-state index contributed by atoms with van der Waals surface area (Å²) in [6.07, 6.45) is -3.23. The highest BCUT2D eigenvalue weighted by Gasteiger charge is 2.53. The number of hydrogen-bond acceptors (Lipinski definition) is 5. The monoisotopic (exact) mass is 351 g/mol. The summed E-state index contributed by atoms with van der Waals surface area (Å²) >= 11 is 0. The zero-order valence-electron chi connectivity index (χ0n) is 12.6. The lowest BCUT2D eigenvalue weighted by Gasteiger charge is -2.31. The van der Waals surface area contributed by atoms with Crippen LogP contribution in [-0.2, 0) is 5.72 Å². The predicted molar refractivity (Wildman–Crippen MR) is 80.5 cm³/mol. The summed E-state index contributed by atoms with van der Waals surface area (Å²) < 4.78 is 39.3. The fraction of sp³-hybridized carbons (Fsp3) is 0.188. The van der Waals surface area contributed by atoms with Crippen LogP contribution in [0.5, 0.6) is 5.75 Å². The zero-order valence-corrected chi connectivity index (χ0v) is 12.6. The molecule has 0 aliphatic carbocycles. The number of pyridine rings is 1. The molecule has 0 fully saturated rings. The molecule has 130 valence electrons. The number of aromatic nitrogens is 1. The first-order valence-corrected chi connectivity index (χ1v) is 7.13. The first-order valence-electron chi connectivity index (χ1n) is 7.13. The Kier molecular flexibility index (Phi) is 3.96. The van der Waals surface area contributed by atoms with E-state index >= 15 is 0 Å². The van der Waals surface area contributed by atoms with Gasteiger partial charge in [0.15, 0.2) is 5.72 Å². The number of hydrogen-bond donors (Lipinski definition) is 2. The van der Waals surface area contributed by atoms with Gasteiger partial charge in [-0.1, -0.05) is 18.2 Å². The van der Waals surface area contributed by atoms with E-state index in [9.17, 15) is 28.2 Å². The van der Waals surface area contributed by atoms with Crippen molar-refractivity contribution in [2.75, 3.05) is 0 Å². The molecule has 25 heavy (non-hydrogen) atoms. The Morgan fingerprint density at radius 3 is 2.52 bits per heavy atom. The summed E-state index contributed by atoms with van der Waals surface area (Å²) in [6.45, 7) is 0. The number of para-hydroxylation sites is 1. The molecule has 6 nitrogen and oxygen atoms in total. The Labute approximate surface area is 139 Å². The molecule has 1 aromatic heterocycles. The highest BCUT2D eigenvalue weighted by Crippen LogP contribution is 2.40. The minimum atomic E-state index is -4.82. The van der Waals surface area contributed by atoms with Crippen molar-refractivity contribution in [3.05, 3.63) is 59.9 Å². The molecule has 0 saturated heterocycles. The topological polar surface area (TPSA) is 86.0 Å². The number of aliphatic hydroxyl groups is 1. The van der Waals surface area contributed by atoms with E-state index in [4.69, 9.17) is 0 Å². The van der Waals surface area contributed by atoms with Gasteiger partial charge in [0.2, 0.25) is 0 Å². The summed E-state index contributed by atoms with van der Waals surface area (Å²) in [4.78, 5) is 16.4. The van der Waals surface area contributed by atoms with Crippen LogP contribution in [0.1, 0.15) is 22.3 Å². The van der Waals surface area contributed by atoms with E-state index in [0.29, 0.717) is 5.01 Å². The van der Waals surface area contributed by atoms with Crippen LogP contribution in [0.15, 0.2) is 53.9 Å². The number of alkyl halides is 3. The summed E-state index contributed by atoms with van der Waals surface area (Å²) in [5.41, 5.74) is -3.97. The first kappa shape index (κ1) is 16.9. The molecule has 0 spiro atoms. The third-order valence-corrected chi connectivity index (χ3v) is 3.76. The van der Waals surface area contributed by atoms with Gasteiger partial charge in [-0.15, -0.1) is 0 Å². The molecule has 1 unspecified atom stereocenters. The molecule has 2 N–H and O–H groups in total. The smallest absolute Gasteiger partial charge is 0.431 e. The molecule has 2 heterocycles. The maximum absolute atomic E-state index is 13.1. The van der Waals surface area contributed by atoms with E-state index in [1.807, 2.05) is 0 Å². The number of amides is 1. The number of phenolic OH excluding ortho intramolecular Hbond substituents is 1. The van der Waals surface area contributed by atoms with Gasteiger partial charge in [-0.25, -0.2) is 0 Å². The summed E-state index contributed by atoms with van der Waals surface area (Å²) in [6, 6.07) is 8.08. The molecule has 3 rings (SSSR count). The van der Waals surface area contributed by atoms with Crippen molar-refractivity contribution >= 4 is 11.6 Å². The molecular weight excluding hydrogens is 339 g/mol. The van der Waals surface area contributed by atoms with Gasteiger partial charge in [-0.2, -0.15) is 23.3 Å². The van der Waals surface area contributed by atoms with Gasteiger partial charge in [-0.3, -0.25) is 9.78 Å². The van der Waals surface area contributed by atoms with Crippen LogP contribution >= 0.6 is 0 Å². The number of carbonyl (C=O) groups excluding carboxylic acids is 1. The van der Waals surface area contributed by atoms with E-state index < -0.39 is 35.7 Å². The fourth-order valence-electron chi connectivity index (χ4n) is 2.51. The molecule has 1 aliphatic rings. The lowest BCUT2D eigenvalue weighted by Crippen LogP contribution is -2.43. The molecule has 9 heteroatoms. The average Bonchev–Trinajstić information content (AvgIpc) is 2.95. The van der Waals surface area contributed by atoms with Crippen molar-refractivity contribution in [3.8, 4) is 5.75 Å². The molecule has 1 aromatic carbocycles. The van der Waals surface area contributed by atoms with Crippen molar-refractivity contribution in [2.24, 2.45) is 5.10 Å². The van der Waals surface area contributed by atoms with Crippen LogP contribution in [0, 0.1) is 0 Å². The third-order valence-electron chi connectivity index (χ3n) is 3.76. The Morgan fingerprint density at radius 2 is 1.92 bits per heavy atom. The van der Waals surface area contributed by atoms with Gasteiger partial charge in [0.1, 0.15) is 11.5 Å². The standard InChI is InChI=1S/C16H12F3N3O3/c17-16(18,19)13-8-15(25,10-4-3-7-20-9-10)22(21-13)14(24)11-5-1-2-6-12(11)23/h1-7,9,23,25H,8H2. The predicted octanol–water partition coefficient (Wildman–Crippen LogP) is 2.40. The molecule has 2 aromatic rings. The van der Waals surface area contributed by atoms with Crippen molar-refractivity contribution in [3.63, 3.8) is 0 Å². The van der Waals surface area contributed by atoms with Gasteiger partial charge >= 0.3 is 6.18 Å². The van der Waals surface area contributed by atoms with Gasteiger partial charge in [-0.05, 0) is 18.2 Å². The maximum Gasteiger partial charge on any atom is 0.431 e. The number of carbonyl (C=O) groups is 1. The highest BCUT2D eigenvalue weighted by atomic mass is 19.4. The maximum atomic E-state index is 13.1. The van der Waals surface area contributed by atoms with E-state index in [-0.39, 0.29) is 11.1 Å². The largest absolute Gasteiger partial charge is 0.507 e. The van der Waals surface area contributed by atoms with Crippen LogP contribution in [0.4, 0.5) is 13.2 Å². The first-order chi connectivity index (χ1) is 11.7. The Bertz CT molecular complexity index is 839. The molecule has 1 atom stereocenters. The fourth-order valence-corrected chi connectivity index (χ4v) is 2.51. The lowest BCUT2D eigenvalue weighted by molar-refractivity contribution is -0.0818. The van der Waals surface area contributed by atoms with Gasteiger partial charge in [0.05, 0.1) is 12.0 Å². The number of nitrogens with zero attached hydrogens (tertiary/aromatic N) is 3. The summed E-state index contributed by atoms with van der Waals surface area (Å²) in [5, 5.41) is 24.3. The second kappa shape index (κ2) is 5.85. The SMILES string of the molecule is O=C(c1ccccc1O)N1N=C(C(F)(F)F)CC1(O)c1cccnc1. The molecule has 0 radical (unpaired) electrons. The number of phenols is 1. The number of rotatable bonds is 2. The normalized spacial score (nSPS) is 20.5. The van der Waals surface area contributed by atoms with Crippen LogP contribution in [0.3, 0.4) is 0 Å². The van der Waals surface area contributed by atoms with Crippen LogP contribution in [-0.4, -0.2) is 38.0 Å². The van der Waals surface area contributed by atoms with Gasteiger partial charge in [0, 0.05) is 18.0 Å². The third kappa shape index (κ3) is 2.93. The molecule has 1 amide bonds. The Morgan fingerprint density at radius 1 is 1.20 bits per heavy atom. The van der Waals surface area contributed by atoms with Gasteiger partial charge in [0.25, 0.3) is 5.91 Å². The molecule has 0 bridgehead atoms. The molecular formula is C16H12F3N3O3. The molecule has 1 aliphatic heterocycles. The number of benzene rings is 1. The molecule has 0 saturated carbocycles. The minimum Gasteiger partial charge on any atom is -0.507 e. The van der Waals surface area contributed by atoms with E-state index in [0.717, 1.165) is 6.20 Å². The number of hydrazone groups is 1. The summed E-state index contributed by atoms with van der Waals surface area (Å²) in [5.74, 6) is -1.50. The van der Waals surface area contributed by atoms with Crippen LogP contribution in [0.2, 0.25) is 0 Å². The number of aromatic hydroxyl groups is 1. The van der Waals surface area contributed by atoms with E-state index in [1.165, 1.54) is 42.6 Å². The lowest BCUT2D eigenvalue weighted by atomic mass is 9.98. The zero-order chi connectivity index (χ0) is 18.2. The second-order valence-corrected chi connectivity index (χ2v) is 5.41. The van der Waals surface area contributed by atoms with Crippen LogP contribution in [0.25, 0.3) is 0 Å². The quantitative estimate of drug-likeness (QED) is 0.870. The van der Waals surface area contributed by atoms with E-state index in [2.05, 4.69) is 10.1 Å². The van der Waals surface area contributed by atoms with Crippen molar-refractivity contribution in [1.82, 2.24) is 9.99 Å². The van der Waals surface area contributed by atoms with Crippen LogP contribution < -0.4 is 0 Å². The Balaban J connectivity index is 2.10. The van der Waals surface area contributed by atoms with Crippen molar-refractivity contribution in [2.45, 2.75) is 18.3 Å². The minimum absolute atomic E-state index is 0.0261. The van der Waals surface area contributed by atoms with E-state index in [1.54, 1.807) is 0 Å². The average molecular weight is 351 g/mol. The van der Waals surface area contributed by atoms with Crippen molar-refractivity contribution in [1.29, 1.82) is 0 Å². The van der Waals surface area contributed by atoms with Gasteiger partial charge < -0.3 is 10.2 Å². The Hall–Kier alpha value is -2.94. The number of halogens is 3.